The first kappa shape index (κ1) is 14.8. The Labute approximate surface area is 117 Å². The number of rotatable bonds is 6. The Kier molecular flexibility index (Phi) is 5.26. The van der Waals surface area contributed by atoms with Crippen LogP contribution in [-0.2, 0) is 4.79 Å². The molecule has 0 aromatic heterocycles. The molecule has 2 saturated carbocycles. The molecule has 0 radical (unpaired) electrons. The summed E-state index contributed by atoms with van der Waals surface area (Å²) < 4.78 is 0. The highest BCUT2D eigenvalue weighted by Crippen LogP contribution is 2.33. The van der Waals surface area contributed by atoms with Gasteiger partial charge in [0.25, 0.3) is 0 Å². The molecule has 2 fully saturated rings. The van der Waals surface area contributed by atoms with Crippen molar-refractivity contribution in [3.8, 4) is 0 Å². The molecular formula is C16H30N2O. The van der Waals surface area contributed by atoms with Gasteiger partial charge in [0.1, 0.15) is 0 Å². The lowest BCUT2D eigenvalue weighted by molar-refractivity contribution is -0.138. The molecule has 1 amide bonds. The minimum atomic E-state index is 0.0178. The number of carbonyl (C=O) groups excluding carboxylic acids is 1. The predicted octanol–water partition coefficient (Wildman–Crippen LogP) is 2.79. The van der Waals surface area contributed by atoms with Crippen LogP contribution in [0.25, 0.3) is 0 Å². The average molecular weight is 266 g/mol. The second-order valence-electron chi connectivity index (χ2n) is 6.81. The first-order valence-corrected chi connectivity index (χ1v) is 8.14. The quantitative estimate of drug-likeness (QED) is 0.803. The highest BCUT2D eigenvalue weighted by atomic mass is 16.2. The Morgan fingerprint density at radius 2 is 1.79 bits per heavy atom. The van der Waals surface area contributed by atoms with Crippen molar-refractivity contribution < 1.29 is 4.79 Å². The molecule has 110 valence electrons. The van der Waals surface area contributed by atoms with Crippen LogP contribution in [0, 0.1) is 17.8 Å². The van der Waals surface area contributed by atoms with E-state index in [9.17, 15) is 4.79 Å². The van der Waals surface area contributed by atoms with Crippen LogP contribution in [0.1, 0.15) is 58.8 Å². The van der Waals surface area contributed by atoms with Crippen molar-refractivity contribution in [2.45, 2.75) is 64.8 Å². The summed E-state index contributed by atoms with van der Waals surface area (Å²) in [7, 11) is 0. The van der Waals surface area contributed by atoms with E-state index in [0.29, 0.717) is 24.4 Å². The Morgan fingerprint density at radius 3 is 2.26 bits per heavy atom. The third kappa shape index (κ3) is 3.95. The minimum absolute atomic E-state index is 0.0178. The normalized spacial score (nSPS) is 22.5. The van der Waals surface area contributed by atoms with Crippen LogP contribution in [0.2, 0.25) is 0 Å². The molecule has 2 rings (SSSR count). The van der Waals surface area contributed by atoms with E-state index >= 15 is 0 Å². The minimum Gasteiger partial charge on any atom is -0.339 e. The number of hydrogen-bond acceptors (Lipinski definition) is 2. The zero-order valence-corrected chi connectivity index (χ0v) is 12.6. The van der Waals surface area contributed by atoms with Gasteiger partial charge in [-0.25, -0.2) is 0 Å². The summed E-state index contributed by atoms with van der Waals surface area (Å²) >= 11 is 0. The Bertz CT molecular complexity index is 293. The van der Waals surface area contributed by atoms with Crippen molar-refractivity contribution in [1.82, 2.24) is 4.90 Å². The fraction of sp³-hybridized carbons (Fsp3) is 0.938. The molecule has 0 bridgehead atoms. The summed E-state index contributed by atoms with van der Waals surface area (Å²) in [6.07, 6.45) is 9.10. The van der Waals surface area contributed by atoms with E-state index in [4.69, 9.17) is 5.73 Å². The summed E-state index contributed by atoms with van der Waals surface area (Å²) in [4.78, 5) is 14.9. The number of amides is 1. The van der Waals surface area contributed by atoms with Crippen molar-refractivity contribution in [2.24, 2.45) is 23.5 Å². The molecule has 3 heteroatoms. The van der Waals surface area contributed by atoms with Gasteiger partial charge in [0, 0.05) is 19.1 Å². The molecule has 0 aromatic rings. The number of nitrogens with zero attached hydrogens (tertiary/aromatic N) is 1. The van der Waals surface area contributed by atoms with Gasteiger partial charge in [-0.3, -0.25) is 4.79 Å². The molecule has 1 atom stereocenters. The lowest BCUT2D eigenvalue weighted by Crippen LogP contribution is -2.45. The molecule has 0 heterocycles. The average Bonchev–Trinajstić information content (AvgIpc) is 3.21. The number of carbonyl (C=O) groups is 1. The predicted molar refractivity (Wildman–Crippen MR) is 78.7 cm³/mol. The van der Waals surface area contributed by atoms with Gasteiger partial charge in [-0.1, -0.05) is 33.1 Å². The van der Waals surface area contributed by atoms with Gasteiger partial charge in [0.05, 0.1) is 5.92 Å². The Morgan fingerprint density at radius 1 is 1.16 bits per heavy atom. The van der Waals surface area contributed by atoms with Gasteiger partial charge < -0.3 is 10.6 Å². The zero-order chi connectivity index (χ0) is 13.8. The van der Waals surface area contributed by atoms with E-state index in [2.05, 4.69) is 18.7 Å². The lowest BCUT2D eigenvalue weighted by atomic mass is 9.88. The van der Waals surface area contributed by atoms with Crippen LogP contribution in [0.5, 0.6) is 0 Å². The van der Waals surface area contributed by atoms with E-state index in [1.807, 2.05) is 0 Å². The van der Waals surface area contributed by atoms with Crippen molar-refractivity contribution >= 4 is 5.91 Å². The largest absolute Gasteiger partial charge is 0.339 e. The summed E-state index contributed by atoms with van der Waals surface area (Å²) in [6, 6.07) is 0.530. The van der Waals surface area contributed by atoms with Crippen molar-refractivity contribution in [2.75, 3.05) is 13.1 Å². The van der Waals surface area contributed by atoms with E-state index in [1.165, 1.54) is 44.9 Å². The first-order chi connectivity index (χ1) is 9.13. The Balaban J connectivity index is 1.96. The SMILES string of the molecule is CC(C)C(CN)C(=O)N(CC1CCCCC1)C1CC1. The zero-order valence-electron chi connectivity index (χ0n) is 12.6. The van der Waals surface area contributed by atoms with Crippen LogP contribution in [-0.4, -0.2) is 29.9 Å². The maximum atomic E-state index is 12.7. The second kappa shape index (κ2) is 6.74. The van der Waals surface area contributed by atoms with Crippen molar-refractivity contribution in [1.29, 1.82) is 0 Å². The smallest absolute Gasteiger partial charge is 0.227 e. The monoisotopic (exact) mass is 266 g/mol. The fourth-order valence-corrected chi connectivity index (χ4v) is 3.32. The number of hydrogen-bond donors (Lipinski definition) is 1. The molecule has 1 unspecified atom stereocenters. The van der Waals surface area contributed by atoms with Gasteiger partial charge in [0.15, 0.2) is 0 Å². The molecular weight excluding hydrogens is 236 g/mol. The summed E-state index contributed by atoms with van der Waals surface area (Å²) in [6.45, 7) is 5.71. The van der Waals surface area contributed by atoms with E-state index in [1.54, 1.807) is 0 Å². The topological polar surface area (TPSA) is 46.3 Å². The van der Waals surface area contributed by atoms with Crippen LogP contribution in [0.15, 0.2) is 0 Å². The van der Waals surface area contributed by atoms with Gasteiger partial charge in [-0.2, -0.15) is 0 Å². The summed E-state index contributed by atoms with van der Waals surface area (Å²) in [5.41, 5.74) is 5.82. The second-order valence-corrected chi connectivity index (χ2v) is 6.81. The summed E-state index contributed by atoms with van der Waals surface area (Å²) in [5, 5.41) is 0. The van der Waals surface area contributed by atoms with Gasteiger partial charge in [-0.15, -0.1) is 0 Å². The van der Waals surface area contributed by atoms with Gasteiger partial charge in [0.2, 0.25) is 5.91 Å². The standard InChI is InChI=1S/C16H30N2O/c1-12(2)15(10-17)16(19)18(14-8-9-14)11-13-6-4-3-5-7-13/h12-15H,3-11,17H2,1-2H3. The highest BCUT2D eigenvalue weighted by Gasteiger charge is 2.37. The van der Waals surface area contributed by atoms with Crippen LogP contribution < -0.4 is 5.73 Å². The highest BCUT2D eigenvalue weighted by molar-refractivity contribution is 5.80. The lowest BCUT2D eigenvalue weighted by Gasteiger charge is -2.33. The van der Waals surface area contributed by atoms with Crippen LogP contribution >= 0.6 is 0 Å². The molecule has 19 heavy (non-hydrogen) atoms. The molecule has 2 aliphatic rings. The van der Waals surface area contributed by atoms with Gasteiger partial charge >= 0.3 is 0 Å². The van der Waals surface area contributed by atoms with Crippen LogP contribution in [0.3, 0.4) is 0 Å². The molecule has 0 aromatic carbocycles. The van der Waals surface area contributed by atoms with Crippen molar-refractivity contribution in [3.63, 3.8) is 0 Å². The van der Waals surface area contributed by atoms with E-state index in [0.717, 1.165) is 12.5 Å². The summed E-state index contributed by atoms with van der Waals surface area (Å²) in [5.74, 6) is 1.43. The van der Waals surface area contributed by atoms with Gasteiger partial charge in [-0.05, 0) is 37.5 Å². The molecule has 0 spiro atoms. The van der Waals surface area contributed by atoms with Crippen LogP contribution in [0.4, 0.5) is 0 Å². The van der Waals surface area contributed by atoms with E-state index < -0.39 is 0 Å². The molecule has 2 N–H and O–H groups in total. The fourth-order valence-electron chi connectivity index (χ4n) is 3.32. The molecule has 3 nitrogen and oxygen atoms in total. The Hall–Kier alpha value is -0.570. The van der Waals surface area contributed by atoms with Crippen molar-refractivity contribution in [3.05, 3.63) is 0 Å². The molecule has 0 saturated heterocycles. The first-order valence-electron chi connectivity index (χ1n) is 8.14. The maximum Gasteiger partial charge on any atom is 0.227 e. The third-order valence-electron chi connectivity index (χ3n) is 4.83. The maximum absolute atomic E-state index is 12.7. The molecule has 0 aliphatic heterocycles. The number of nitrogens with two attached hydrogens (primary N) is 1. The molecule has 2 aliphatic carbocycles. The third-order valence-corrected chi connectivity index (χ3v) is 4.83. The van der Waals surface area contributed by atoms with E-state index in [-0.39, 0.29) is 5.92 Å².